The number of pyridine rings is 1. The molecule has 0 aromatic carbocycles. The smallest absolute Gasteiger partial charge is 0.223 e. The molecule has 1 aromatic rings. The highest BCUT2D eigenvalue weighted by atomic mass is 79.9. The van der Waals surface area contributed by atoms with E-state index in [9.17, 15) is 4.79 Å². The third-order valence-electron chi connectivity index (χ3n) is 1.69. The number of hydrogen-bond acceptors (Lipinski definition) is 3. The maximum absolute atomic E-state index is 10.7. The van der Waals surface area contributed by atoms with Gasteiger partial charge in [0.25, 0.3) is 0 Å². The van der Waals surface area contributed by atoms with Crippen LogP contribution in [0, 0.1) is 5.92 Å². The van der Waals surface area contributed by atoms with Crippen molar-refractivity contribution in [3.05, 3.63) is 22.9 Å². The molecule has 0 aliphatic rings. The molecule has 0 aliphatic carbocycles. The number of ether oxygens (including phenoxy) is 1. The van der Waals surface area contributed by atoms with Crippen molar-refractivity contribution in [1.29, 1.82) is 0 Å². The monoisotopic (exact) mass is 258 g/mol. The highest BCUT2D eigenvalue weighted by Gasteiger charge is 2.08. The molecule has 4 nitrogen and oxygen atoms in total. The molecular weight excluding hydrogens is 248 g/mol. The molecule has 1 rings (SSSR count). The molecule has 1 amide bonds. The quantitative estimate of drug-likeness (QED) is 0.830. The second kappa shape index (κ2) is 4.95. The first kappa shape index (κ1) is 11.0. The number of carbonyl (C=O) groups excluding carboxylic acids is 1. The number of carbonyl (C=O) groups is 1. The van der Waals surface area contributed by atoms with Crippen LogP contribution in [-0.2, 0) is 4.79 Å². The van der Waals surface area contributed by atoms with Gasteiger partial charge in [-0.15, -0.1) is 0 Å². The predicted molar refractivity (Wildman–Crippen MR) is 55.8 cm³/mol. The van der Waals surface area contributed by atoms with Crippen molar-refractivity contribution in [2.75, 3.05) is 6.61 Å². The third-order valence-corrected chi connectivity index (χ3v) is 2.16. The van der Waals surface area contributed by atoms with Crippen LogP contribution in [0.2, 0.25) is 0 Å². The molecule has 14 heavy (non-hydrogen) atoms. The number of nitrogens with two attached hydrogens (primary N) is 1. The molecule has 1 heterocycles. The second-order valence-corrected chi connectivity index (χ2v) is 3.74. The highest BCUT2D eigenvalue weighted by molar-refractivity contribution is 9.10. The molecular formula is C9H11BrN2O2. The van der Waals surface area contributed by atoms with E-state index in [-0.39, 0.29) is 18.4 Å². The van der Waals surface area contributed by atoms with E-state index in [2.05, 4.69) is 20.9 Å². The Morgan fingerprint density at radius 3 is 2.93 bits per heavy atom. The second-order valence-electron chi connectivity index (χ2n) is 2.93. The summed E-state index contributed by atoms with van der Waals surface area (Å²) in [6.45, 7) is 1.99. The van der Waals surface area contributed by atoms with Crippen LogP contribution in [0.3, 0.4) is 0 Å². The molecule has 0 saturated heterocycles. The molecule has 0 spiro atoms. The SMILES string of the molecule is CC(COc1ccc(Br)nc1)C(N)=O. The first-order valence-corrected chi connectivity index (χ1v) is 4.92. The first-order valence-electron chi connectivity index (χ1n) is 4.13. The number of halogens is 1. The molecule has 1 atom stereocenters. The van der Waals surface area contributed by atoms with Crippen LogP contribution >= 0.6 is 15.9 Å². The Labute approximate surface area is 90.6 Å². The summed E-state index contributed by atoms with van der Waals surface area (Å²) in [5.41, 5.74) is 5.08. The van der Waals surface area contributed by atoms with Gasteiger partial charge in [0.05, 0.1) is 18.7 Å². The summed E-state index contributed by atoms with van der Waals surface area (Å²) < 4.78 is 6.04. The fourth-order valence-electron chi connectivity index (χ4n) is 0.751. The van der Waals surface area contributed by atoms with E-state index >= 15 is 0 Å². The summed E-state index contributed by atoms with van der Waals surface area (Å²) >= 11 is 3.21. The van der Waals surface area contributed by atoms with E-state index in [0.717, 1.165) is 4.60 Å². The van der Waals surface area contributed by atoms with Crippen molar-refractivity contribution in [2.24, 2.45) is 11.7 Å². The number of amides is 1. The Kier molecular flexibility index (Phi) is 3.88. The van der Waals surface area contributed by atoms with Gasteiger partial charge in [0.2, 0.25) is 5.91 Å². The Morgan fingerprint density at radius 1 is 1.71 bits per heavy atom. The number of hydrogen-bond donors (Lipinski definition) is 1. The largest absolute Gasteiger partial charge is 0.491 e. The molecule has 0 bridgehead atoms. The molecule has 0 aliphatic heterocycles. The highest BCUT2D eigenvalue weighted by Crippen LogP contribution is 2.13. The molecule has 0 fully saturated rings. The molecule has 0 radical (unpaired) electrons. The van der Waals surface area contributed by atoms with Crippen molar-refractivity contribution >= 4 is 21.8 Å². The van der Waals surface area contributed by atoms with E-state index in [1.165, 1.54) is 0 Å². The Hall–Kier alpha value is -1.10. The standard InChI is InChI=1S/C9H11BrN2O2/c1-6(9(11)13)5-14-7-2-3-8(10)12-4-7/h2-4,6H,5H2,1H3,(H2,11,13). The van der Waals surface area contributed by atoms with Crippen LogP contribution in [0.15, 0.2) is 22.9 Å². The lowest BCUT2D eigenvalue weighted by molar-refractivity contribution is -0.122. The van der Waals surface area contributed by atoms with Gasteiger partial charge in [-0.2, -0.15) is 0 Å². The number of aromatic nitrogens is 1. The van der Waals surface area contributed by atoms with Crippen molar-refractivity contribution in [3.63, 3.8) is 0 Å². The summed E-state index contributed by atoms with van der Waals surface area (Å²) in [4.78, 5) is 14.7. The van der Waals surface area contributed by atoms with Gasteiger partial charge < -0.3 is 10.5 Å². The maximum Gasteiger partial charge on any atom is 0.223 e. The molecule has 76 valence electrons. The average molecular weight is 259 g/mol. The van der Waals surface area contributed by atoms with E-state index in [1.807, 2.05) is 0 Å². The van der Waals surface area contributed by atoms with Crippen LogP contribution < -0.4 is 10.5 Å². The maximum atomic E-state index is 10.7. The zero-order valence-corrected chi connectivity index (χ0v) is 9.32. The van der Waals surface area contributed by atoms with Crippen LogP contribution in [0.1, 0.15) is 6.92 Å². The van der Waals surface area contributed by atoms with Gasteiger partial charge in [0, 0.05) is 0 Å². The minimum atomic E-state index is -0.366. The Bertz CT molecular complexity index is 313. The van der Waals surface area contributed by atoms with Crippen molar-refractivity contribution in [2.45, 2.75) is 6.92 Å². The summed E-state index contributed by atoms with van der Waals surface area (Å²) in [7, 11) is 0. The normalized spacial score (nSPS) is 12.1. The lowest BCUT2D eigenvalue weighted by Crippen LogP contribution is -2.25. The molecule has 1 unspecified atom stereocenters. The molecule has 5 heteroatoms. The van der Waals surface area contributed by atoms with Crippen LogP contribution in [0.25, 0.3) is 0 Å². The lowest BCUT2D eigenvalue weighted by Gasteiger charge is -2.09. The van der Waals surface area contributed by atoms with Gasteiger partial charge in [0.1, 0.15) is 10.4 Å². The van der Waals surface area contributed by atoms with E-state index in [1.54, 1.807) is 25.3 Å². The first-order chi connectivity index (χ1) is 6.59. The molecule has 0 saturated carbocycles. The summed E-state index contributed by atoms with van der Waals surface area (Å²) in [5, 5.41) is 0. The molecule has 2 N–H and O–H groups in total. The van der Waals surface area contributed by atoms with Gasteiger partial charge in [-0.25, -0.2) is 4.98 Å². The number of primary amides is 1. The fraction of sp³-hybridized carbons (Fsp3) is 0.333. The average Bonchev–Trinajstić information content (AvgIpc) is 2.16. The van der Waals surface area contributed by atoms with Crippen molar-refractivity contribution in [3.8, 4) is 5.75 Å². The topological polar surface area (TPSA) is 65.2 Å². The zero-order chi connectivity index (χ0) is 10.6. The minimum absolute atomic E-state index is 0.276. The van der Waals surface area contributed by atoms with Gasteiger partial charge in [0.15, 0.2) is 0 Å². The van der Waals surface area contributed by atoms with Crippen molar-refractivity contribution < 1.29 is 9.53 Å². The van der Waals surface area contributed by atoms with Crippen molar-refractivity contribution in [1.82, 2.24) is 4.98 Å². The summed E-state index contributed by atoms with van der Waals surface area (Å²) in [6.07, 6.45) is 1.58. The summed E-state index contributed by atoms with van der Waals surface area (Å²) in [5.74, 6) is -0.0324. The lowest BCUT2D eigenvalue weighted by atomic mass is 10.2. The Morgan fingerprint density at radius 2 is 2.43 bits per heavy atom. The zero-order valence-electron chi connectivity index (χ0n) is 7.74. The van der Waals surface area contributed by atoms with E-state index in [4.69, 9.17) is 10.5 Å². The minimum Gasteiger partial charge on any atom is -0.491 e. The van der Waals surface area contributed by atoms with Gasteiger partial charge in [-0.1, -0.05) is 6.92 Å². The Balaban J connectivity index is 2.46. The van der Waals surface area contributed by atoms with Crippen LogP contribution in [0.5, 0.6) is 5.75 Å². The number of nitrogens with zero attached hydrogens (tertiary/aromatic N) is 1. The van der Waals surface area contributed by atoms with E-state index in [0.29, 0.717) is 5.75 Å². The van der Waals surface area contributed by atoms with Crippen LogP contribution in [0.4, 0.5) is 0 Å². The predicted octanol–water partition coefficient (Wildman–Crippen LogP) is 1.34. The fourth-order valence-corrected chi connectivity index (χ4v) is 0.986. The van der Waals surface area contributed by atoms with Gasteiger partial charge in [-0.3, -0.25) is 4.79 Å². The van der Waals surface area contributed by atoms with Crippen LogP contribution in [-0.4, -0.2) is 17.5 Å². The summed E-state index contributed by atoms with van der Waals surface area (Å²) in [6, 6.07) is 3.54. The third kappa shape index (κ3) is 3.33. The van der Waals surface area contributed by atoms with E-state index < -0.39 is 0 Å². The van der Waals surface area contributed by atoms with Gasteiger partial charge in [-0.05, 0) is 28.1 Å². The number of rotatable bonds is 4. The molecule has 1 aromatic heterocycles. The van der Waals surface area contributed by atoms with Gasteiger partial charge >= 0.3 is 0 Å².